The van der Waals surface area contributed by atoms with Crippen LogP contribution in [0.15, 0.2) is 60.8 Å². The minimum Gasteiger partial charge on any atom is -0.493 e. The summed E-state index contributed by atoms with van der Waals surface area (Å²) in [5.74, 6) is -0.401. The second kappa shape index (κ2) is 10.4. The van der Waals surface area contributed by atoms with Crippen molar-refractivity contribution < 1.29 is 37.7 Å². The fourth-order valence-corrected chi connectivity index (χ4v) is 3.97. The lowest BCUT2D eigenvalue weighted by Gasteiger charge is -2.17. The molecule has 0 spiro atoms. The molecule has 1 saturated carbocycles. The van der Waals surface area contributed by atoms with E-state index in [0.29, 0.717) is 41.2 Å². The summed E-state index contributed by atoms with van der Waals surface area (Å²) in [6.07, 6.45) is -2.07. The number of aliphatic hydroxyl groups is 1. The van der Waals surface area contributed by atoms with E-state index in [4.69, 9.17) is 14.6 Å². The number of pyridine rings is 1. The number of aromatic nitrogens is 1. The van der Waals surface area contributed by atoms with Crippen molar-refractivity contribution in [1.29, 1.82) is 0 Å². The minimum absolute atomic E-state index is 0.0264. The number of carboxylic acid groups (broad SMARTS) is 1. The molecule has 0 radical (unpaired) electrons. The topological polar surface area (TPSA) is 88.9 Å². The zero-order valence-electron chi connectivity index (χ0n) is 20.5. The van der Waals surface area contributed by atoms with Crippen LogP contribution in [0.4, 0.5) is 13.2 Å². The molecule has 0 unspecified atom stereocenters. The van der Waals surface area contributed by atoms with Gasteiger partial charge in [0.25, 0.3) is 0 Å². The van der Waals surface area contributed by atoms with Gasteiger partial charge in [-0.05, 0) is 73.4 Å². The van der Waals surface area contributed by atoms with Gasteiger partial charge in [0.05, 0.1) is 29.9 Å². The molecule has 1 aliphatic rings. The SMILES string of the molecule is CC(C)(O)CCOc1ccc(-c2cc(COc3ccc([C@@H]4C[C@H]4C(=O)O)nc3)ccc2C(F)(F)F)cc1. The van der Waals surface area contributed by atoms with Crippen molar-refractivity contribution in [3.63, 3.8) is 0 Å². The van der Waals surface area contributed by atoms with Crippen molar-refractivity contribution in [3.05, 3.63) is 77.6 Å². The lowest BCUT2D eigenvalue weighted by Crippen LogP contribution is -2.21. The number of hydrogen-bond donors (Lipinski definition) is 2. The molecule has 0 amide bonds. The van der Waals surface area contributed by atoms with Crippen LogP contribution in [0.25, 0.3) is 11.1 Å². The Balaban J connectivity index is 1.46. The minimum atomic E-state index is -4.53. The van der Waals surface area contributed by atoms with Gasteiger partial charge in [0.2, 0.25) is 0 Å². The highest BCUT2D eigenvalue weighted by Gasteiger charge is 2.45. The molecule has 1 aromatic heterocycles. The van der Waals surface area contributed by atoms with Gasteiger partial charge in [-0.1, -0.05) is 18.2 Å². The number of aliphatic carboxylic acids is 1. The molecule has 3 aromatic rings. The second-order valence-electron chi connectivity index (χ2n) is 9.81. The summed E-state index contributed by atoms with van der Waals surface area (Å²) in [5.41, 5.74) is 0.0131. The summed E-state index contributed by atoms with van der Waals surface area (Å²) in [6, 6.07) is 13.6. The monoisotopic (exact) mass is 515 g/mol. The molecule has 4 rings (SSSR count). The third-order valence-electron chi connectivity index (χ3n) is 6.19. The highest BCUT2D eigenvalue weighted by molar-refractivity contribution is 5.75. The number of halogens is 3. The van der Waals surface area contributed by atoms with E-state index in [1.54, 1.807) is 50.2 Å². The van der Waals surface area contributed by atoms with Gasteiger partial charge in [-0.3, -0.25) is 9.78 Å². The molecule has 196 valence electrons. The summed E-state index contributed by atoms with van der Waals surface area (Å²) in [7, 11) is 0. The first kappa shape index (κ1) is 26.5. The van der Waals surface area contributed by atoms with Crippen molar-refractivity contribution in [2.24, 2.45) is 5.92 Å². The van der Waals surface area contributed by atoms with Crippen LogP contribution in [-0.2, 0) is 17.6 Å². The third-order valence-corrected chi connectivity index (χ3v) is 6.19. The van der Waals surface area contributed by atoms with Gasteiger partial charge in [0.1, 0.15) is 18.1 Å². The first-order chi connectivity index (χ1) is 17.4. The molecular weight excluding hydrogens is 487 g/mol. The predicted octanol–water partition coefficient (Wildman–Crippen LogP) is 6.07. The summed E-state index contributed by atoms with van der Waals surface area (Å²) < 4.78 is 52.5. The number of nitrogens with zero attached hydrogens (tertiary/aromatic N) is 1. The van der Waals surface area contributed by atoms with Crippen molar-refractivity contribution in [2.45, 2.75) is 51.0 Å². The van der Waals surface area contributed by atoms with Crippen LogP contribution in [0.1, 0.15) is 49.4 Å². The molecule has 9 heteroatoms. The van der Waals surface area contributed by atoms with Crippen molar-refractivity contribution >= 4 is 5.97 Å². The van der Waals surface area contributed by atoms with Crippen LogP contribution < -0.4 is 9.47 Å². The maximum Gasteiger partial charge on any atom is 0.417 e. The molecule has 0 saturated heterocycles. The molecule has 37 heavy (non-hydrogen) atoms. The van der Waals surface area contributed by atoms with Crippen LogP contribution in [0.3, 0.4) is 0 Å². The highest BCUT2D eigenvalue weighted by atomic mass is 19.4. The quantitative estimate of drug-likeness (QED) is 0.341. The molecule has 2 atom stereocenters. The number of alkyl halides is 3. The van der Waals surface area contributed by atoms with Crippen molar-refractivity contribution in [3.8, 4) is 22.6 Å². The fraction of sp³-hybridized carbons (Fsp3) is 0.357. The number of carboxylic acids is 1. The van der Waals surface area contributed by atoms with Crippen LogP contribution in [0, 0.1) is 5.92 Å². The molecule has 6 nitrogen and oxygen atoms in total. The Kier molecular flexibility index (Phi) is 7.45. The van der Waals surface area contributed by atoms with Gasteiger partial charge in [0, 0.05) is 18.0 Å². The first-order valence-corrected chi connectivity index (χ1v) is 11.9. The summed E-state index contributed by atoms with van der Waals surface area (Å²) in [4.78, 5) is 15.3. The molecule has 0 aliphatic heterocycles. The first-order valence-electron chi connectivity index (χ1n) is 11.9. The van der Waals surface area contributed by atoms with Crippen LogP contribution in [0.2, 0.25) is 0 Å². The standard InChI is InChI=1S/C28H28F3NO5/c1-27(2,35)11-12-36-19-6-4-18(5-7-19)21-13-17(3-9-24(21)28(29,30)31)16-37-20-8-10-25(32-15-20)22-14-23(22)26(33)34/h3-10,13,15,22-23,35H,11-12,14,16H2,1-2H3,(H,33,34)/t22-,23-/m1/s1. The zero-order valence-corrected chi connectivity index (χ0v) is 20.5. The number of ether oxygens (including phenoxy) is 2. The summed E-state index contributed by atoms with van der Waals surface area (Å²) in [6.45, 7) is 3.65. The average molecular weight is 516 g/mol. The van der Waals surface area contributed by atoms with Gasteiger partial charge >= 0.3 is 12.1 Å². The van der Waals surface area contributed by atoms with E-state index in [-0.39, 0.29) is 24.7 Å². The Morgan fingerprint density at radius 2 is 1.73 bits per heavy atom. The maximum atomic E-state index is 13.7. The van der Waals surface area contributed by atoms with E-state index in [2.05, 4.69) is 4.98 Å². The molecule has 1 heterocycles. The highest BCUT2D eigenvalue weighted by Crippen LogP contribution is 2.46. The number of benzene rings is 2. The van der Waals surface area contributed by atoms with Crippen LogP contribution >= 0.6 is 0 Å². The van der Waals surface area contributed by atoms with E-state index in [9.17, 15) is 23.1 Å². The van der Waals surface area contributed by atoms with Gasteiger partial charge in [-0.15, -0.1) is 0 Å². The summed E-state index contributed by atoms with van der Waals surface area (Å²) in [5, 5.41) is 18.8. The van der Waals surface area contributed by atoms with Gasteiger partial charge in [-0.2, -0.15) is 13.2 Å². The van der Waals surface area contributed by atoms with Crippen LogP contribution in [0.5, 0.6) is 11.5 Å². The van der Waals surface area contributed by atoms with E-state index < -0.39 is 29.2 Å². The molecule has 2 aromatic carbocycles. The van der Waals surface area contributed by atoms with Gasteiger partial charge in [-0.25, -0.2) is 0 Å². The van der Waals surface area contributed by atoms with E-state index in [0.717, 1.165) is 6.07 Å². The molecule has 1 fully saturated rings. The zero-order chi connectivity index (χ0) is 26.8. The van der Waals surface area contributed by atoms with Gasteiger partial charge in [0.15, 0.2) is 0 Å². The Labute approximate surface area is 212 Å². The van der Waals surface area contributed by atoms with E-state index in [1.807, 2.05) is 0 Å². The van der Waals surface area contributed by atoms with Crippen molar-refractivity contribution in [1.82, 2.24) is 4.98 Å². The summed E-state index contributed by atoms with van der Waals surface area (Å²) >= 11 is 0. The Hall–Kier alpha value is -3.59. The molecule has 1 aliphatic carbocycles. The lowest BCUT2D eigenvalue weighted by atomic mass is 9.97. The van der Waals surface area contributed by atoms with Crippen LogP contribution in [-0.4, -0.2) is 33.4 Å². The Bertz CT molecular complexity index is 1230. The van der Waals surface area contributed by atoms with E-state index in [1.165, 1.54) is 18.3 Å². The lowest BCUT2D eigenvalue weighted by molar-refractivity contribution is -0.139. The van der Waals surface area contributed by atoms with E-state index >= 15 is 0 Å². The Morgan fingerprint density at radius 3 is 2.30 bits per heavy atom. The molecule has 2 N–H and O–H groups in total. The normalized spacial score (nSPS) is 17.4. The number of carbonyl (C=O) groups is 1. The fourth-order valence-electron chi connectivity index (χ4n) is 3.97. The van der Waals surface area contributed by atoms with Gasteiger partial charge < -0.3 is 19.7 Å². The number of rotatable bonds is 10. The number of hydrogen-bond acceptors (Lipinski definition) is 5. The molecular formula is C28H28F3NO5. The largest absolute Gasteiger partial charge is 0.493 e. The smallest absolute Gasteiger partial charge is 0.417 e. The molecule has 0 bridgehead atoms. The third kappa shape index (κ3) is 7.01. The average Bonchev–Trinajstić information content (AvgIpc) is 3.63. The Morgan fingerprint density at radius 1 is 1.03 bits per heavy atom. The second-order valence-corrected chi connectivity index (χ2v) is 9.81. The maximum absolute atomic E-state index is 13.7. The predicted molar refractivity (Wildman–Crippen MR) is 130 cm³/mol. The van der Waals surface area contributed by atoms with Crippen molar-refractivity contribution in [2.75, 3.05) is 6.61 Å².